The topological polar surface area (TPSA) is 50.4 Å². The lowest BCUT2D eigenvalue weighted by Crippen LogP contribution is -1.96. The quantitative estimate of drug-likeness (QED) is 0.739. The van der Waals surface area contributed by atoms with Crippen molar-refractivity contribution >= 4 is 26.9 Å². The first kappa shape index (κ1) is 9.21. The van der Waals surface area contributed by atoms with Gasteiger partial charge in [0.2, 0.25) is 0 Å². The minimum Gasteiger partial charge on any atom is -0.507 e. The third-order valence-electron chi connectivity index (χ3n) is 1.74. The number of benzene rings is 1. The Balaban J connectivity index is 3.01. The summed E-state index contributed by atoms with van der Waals surface area (Å²) in [5, 5.41) is 9.52. The van der Waals surface area contributed by atoms with E-state index in [2.05, 4.69) is 15.9 Å². The second-order valence-corrected chi connectivity index (χ2v) is 3.57. The van der Waals surface area contributed by atoms with E-state index >= 15 is 0 Å². The molecule has 0 atom stereocenters. The molecule has 1 aromatic heterocycles. The van der Waals surface area contributed by atoms with Crippen molar-refractivity contribution in [1.82, 2.24) is 0 Å². The van der Waals surface area contributed by atoms with Gasteiger partial charge in [0.25, 0.3) is 0 Å². The molecular weight excluding hydrogens is 255 g/mol. The fourth-order valence-corrected chi connectivity index (χ4v) is 1.69. The Bertz CT molecular complexity index is 562. The van der Waals surface area contributed by atoms with E-state index in [1.165, 1.54) is 0 Å². The van der Waals surface area contributed by atoms with Crippen LogP contribution in [0.15, 0.2) is 31.9 Å². The Morgan fingerprint density at radius 3 is 2.79 bits per heavy atom. The zero-order valence-electron chi connectivity index (χ0n) is 6.75. The van der Waals surface area contributed by atoms with E-state index in [4.69, 9.17) is 4.42 Å². The summed E-state index contributed by atoms with van der Waals surface area (Å²) >= 11 is 3.03. The maximum atomic E-state index is 12.9. The van der Waals surface area contributed by atoms with Crippen LogP contribution in [0.2, 0.25) is 0 Å². The lowest BCUT2D eigenvalue weighted by Gasteiger charge is -2.00. The third-order valence-corrected chi connectivity index (χ3v) is 2.33. The van der Waals surface area contributed by atoms with Gasteiger partial charge in [-0.25, -0.2) is 9.18 Å². The largest absolute Gasteiger partial charge is 0.507 e. The zero-order chi connectivity index (χ0) is 10.3. The second-order valence-electron chi connectivity index (χ2n) is 2.71. The molecule has 14 heavy (non-hydrogen) atoms. The molecule has 1 aromatic carbocycles. The van der Waals surface area contributed by atoms with Gasteiger partial charge in [0.15, 0.2) is 5.58 Å². The molecule has 0 aliphatic carbocycles. The molecule has 72 valence electrons. The van der Waals surface area contributed by atoms with Crippen molar-refractivity contribution in [2.45, 2.75) is 0 Å². The van der Waals surface area contributed by atoms with Gasteiger partial charge in [-0.05, 0) is 28.1 Å². The summed E-state index contributed by atoms with van der Waals surface area (Å²) in [5.41, 5.74) is -0.543. The molecule has 0 unspecified atom stereocenters. The van der Waals surface area contributed by atoms with E-state index in [-0.39, 0.29) is 16.7 Å². The van der Waals surface area contributed by atoms with E-state index in [0.717, 1.165) is 18.2 Å². The molecule has 0 amide bonds. The molecule has 1 N–H and O–H groups in total. The predicted octanol–water partition coefficient (Wildman–Crippen LogP) is 2.40. The molecule has 0 saturated carbocycles. The van der Waals surface area contributed by atoms with Crippen molar-refractivity contribution in [2.24, 2.45) is 0 Å². The van der Waals surface area contributed by atoms with Crippen LogP contribution in [0.5, 0.6) is 5.75 Å². The van der Waals surface area contributed by atoms with Gasteiger partial charge in [-0.15, -0.1) is 0 Å². The van der Waals surface area contributed by atoms with E-state index in [1.807, 2.05) is 0 Å². The second kappa shape index (κ2) is 3.09. The highest BCUT2D eigenvalue weighted by molar-refractivity contribution is 9.10. The maximum absolute atomic E-state index is 12.9. The Morgan fingerprint density at radius 1 is 1.36 bits per heavy atom. The number of rotatable bonds is 0. The Hall–Kier alpha value is -1.36. The summed E-state index contributed by atoms with van der Waals surface area (Å²) in [5.74, 6) is -0.815. The van der Waals surface area contributed by atoms with Gasteiger partial charge in [0.1, 0.15) is 11.6 Å². The Kier molecular flexibility index (Phi) is 2.03. The molecule has 0 aliphatic rings. The number of fused-ring (bicyclic) bond motifs is 1. The van der Waals surface area contributed by atoms with Crippen molar-refractivity contribution in [3.8, 4) is 5.75 Å². The van der Waals surface area contributed by atoms with E-state index in [0.29, 0.717) is 4.47 Å². The van der Waals surface area contributed by atoms with Crippen LogP contribution in [0.1, 0.15) is 0 Å². The van der Waals surface area contributed by atoms with Crippen LogP contribution in [0.3, 0.4) is 0 Å². The molecular formula is C9H4BrFO3. The van der Waals surface area contributed by atoms with E-state index < -0.39 is 11.4 Å². The fraction of sp³-hybridized carbons (Fsp3) is 0. The smallest absolute Gasteiger partial charge is 0.339 e. The molecule has 3 nitrogen and oxygen atoms in total. The van der Waals surface area contributed by atoms with E-state index in [9.17, 15) is 14.3 Å². The van der Waals surface area contributed by atoms with Crippen molar-refractivity contribution in [3.63, 3.8) is 0 Å². The van der Waals surface area contributed by atoms with E-state index in [1.54, 1.807) is 0 Å². The van der Waals surface area contributed by atoms with Crippen LogP contribution in [-0.4, -0.2) is 5.11 Å². The van der Waals surface area contributed by atoms with Gasteiger partial charge in [-0.3, -0.25) is 0 Å². The first-order valence-corrected chi connectivity index (χ1v) is 4.49. The lowest BCUT2D eigenvalue weighted by molar-refractivity contribution is 0.467. The first-order valence-electron chi connectivity index (χ1n) is 3.70. The summed E-state index contributed by atoms with van der Waals surface area (Å²) in [4.78, 5) is 10.9. The normalized spacial score (nSPS) is 10.7. The zero-order valence-corrected chi connectivity index (χ0v) is 8.34. The highest BCUT2D eigenvalue weighted by Crippen LogP contribution is 2.29. The average molecular weight is 259 g/mol. The number of hydrogen-bond donors (Lipinski definition) is 1. The minimum atomic E-state index is -0.678. The summed E-state index contributed by atoms with van der Waals surface area (Å²) in [6, 6.07) is 3.15. The van der Waals surface area contributed by atoms with Gasteiger partial charge in [0, 0.05) is 0 Å². The molecule has 2 aromatic rings. The molecule has 1 heterocycles. The van der Waals surface area contributed by atoms with Crippen LogP contribution < -0.4 is 5.63 Å². The van der Waals surface area contributed by atoms with Crippen LogP contribution in [-0.2, 0) is 0 Å². The van der Waals surface area contributed by atoms with Crippen molar-refractivity contribution < 1.29 is 13.9 Å². The summed E-state index contributed by atoms with van der Waals surface area (Å²) in [7, 11) is 0. The summed E-state index contributed by atoms with van der Waals surface area (Å²) < 4.78 is 18.0. The predicted molar refractivity (Wildman–Crippen MR) is 51.8 cm³/mol. The van der Waals surface area contributed by atoms with Crippen LogP contribution in [0.25, 0.3) is 11.0 Å². The van der Waals surface area contributed by atoms with Gasteiger partial charge < -0.3 is 9.52 Å². The fourth-order valence-electron chi connectivity index (χ4n) is 1.17. The molecule has 2 rings (SSSR count). The van der Waals surface area contributed by atoms with Gasteiger partial charge >= 0.3 is 5.63 Å². The Labute approximate surface area is 85.9 Å². The van der Waals surface area contributed by atoms with Crippen LogP contribution >= 0.6 is 15.9 Å². The molecule has 0 radical (unpaired) electrons. The highest BCUT2D eigenvalue weighted by atomic mass is 79.9. The third kappa shape index (κ3) is 1.39. The average Bonchev–Trinajstić information content (AvgIpc) is 2.07. The molecule has 5 heteroatoms. The molecule has 0 fully saturated rings. The highest BCUT2D eigenvalue weighted by Gasteiger charge is 2.09. The number of halogens is 2. The van der Waals surface area contributed by atoms with Crippen LogP contribution in [0, 0.1) is 5.82 Å². The van der Waals surface area contributed by atoms with Gasteiger partial charge in [-0.2, -0.15) is 0 Å². The summed E-state index contributed by atoms with van der Waals surface area (Å²) in [6.45, 7) is 0. The van der Waals surface area contributed by atoms with Gasteiger partial charge in [0.05, 0.1) is 15.9 Å². The number of hydrogen-bond acceptors (Lipinski definition) is 3. The SMILES string of the molecule is O=c1cc(O)c2cc(F)cc(Br)c2o1. The van der Waals surface area contributed by atoms with Crippen molar-refractivity contribution in [1.29, 1.82) is 0 Å². The summed E-state index contributed by atoms with van der Waals surface area (Å²) in [6.07, 6.45) is 0. The van der Waals surface area contributed by atoms with Crippen molar-refractivity contribution in [2.75, 3.05) is 0 Å². The molecule has 0 saturated heterocycles. The minimum absolute atomic E-state index is 0.136. The number of aromatic hydroxyl groups is 1. The molecule has 0 bridgehead atoms. The Morgan fingerprint density at radius 2 is 2.07 bits per heavy atom. The first-order chi connectivity index (χ1) is 6.58. The molecule has 0 aliphatic heterocycles. The maximum Gasteiger partial charge on any atom is 0.339 e. The van der Waals surface area contributed by atoms with Crippen LogP contribution in [0.4, 0.5) is 4.39 Å². The standard InChI is InChI=1S/C9H4BrFO3/c10-6-2-4(11)1-5-7(12)3-8(13)14-9(5)6/h1-3,12H. The molecule has 0 spiro atoms. The van der Waals surface area contributed by atoms with Gasteiger partial charge in [-0.1, -0.05) is 0 Å². The lowest BCUT2D eigenvalue weighted by atomic mass is 10.2. The monoisotopic (exact) mass is 258 g/mol. The van der Waals surface area contributed by atoms with Crippen molar-refractivity contribution in [3.05, 3.63) is 38.9 Å².